The minimum Gasteiger partial charge on any atom is -0.444 e. The molecule has 2 aliphatic heterocycles. The monoisotopic (exact) mass is 634 g/mol. The molecule has 0 aromatic rings. The lowest BCUT2D eigenvalue weighted by Crippen LogP contribution is -2.41. The molecule has 2 atom stereocenters. The first-order valence-corrected chi connectivity index (χ1v) is 15.3. The minimum atomic E-state index is -0.459. The minimum absolute atomic E-state index is 0.0270. The van der Waals surface area contributed by atoms with Crippen molar-refractivity contribution in [3.05, 3.63) is 0 Å². The van der Waals surface area contributed by atoms with Crippen molar-refractivity contribution in [2.45, 2.75) is 103 Å². The molecule has 8 nitrogen and oxygen atoms in total. The maximum absolute atomic E-state index is 12.0. The van der Waals surface area contributed by atoms with Crippen LogP contribution in [0.3, 0.4) is 0 Å². The van der Waals surface area contributed by atoms with Gasteiger partial charge in [0.1, 0.15) is 11.2 Å². The van der Waals surface area contributed by atoms with Gasteiger partial charge in [0.15, 0.2) is 0 Å². The molecule has 2 heterocycles. The lowest BCUT2D eigenvalue weighted by atomic mass is 10.2. The first kappa shape index (κ1) is 36.5. The second kappa shape index (κ2) is 19.6. The number of aliphatic hydroxyl groups excluding tert-OH is 1. The second-order valence-corrected chi connectivity index (χ2v) is 12.5. The van der Waals surface area contributed by atoms with Crippen LogP contribution in [0.15, 0.2) is 0 Å². The van der Waals surface area contributed by atoms with Gasteiger partial charge in [-0.1, -0.05) is 15.9 Å². The number of rotatable bonds is 8. The third-order valence-corrected chi connectivity index (χ3v) is 6.32. The molecular formula is C26H49BrCl2N2O6. The molecule has 2 rings (SSSR count). The maximum atomic E-state index is 12.0. The molecule has 0 spiro atoms. The third-order valence-electron chi connectivity index (χ3n) is 5.22. The van der Waals surface area contributed by atoms with Crippen LogP contribution in [0, 0.1) is 0 Å². The van der Waals surface area contributed by atoms with E-state index in [1.54, 1.807) is 9.80 Å². The highest BCUT2D eigenvalue weighted by Gasteiger charge is 2.32. The topological polar surface area (TPSA) is 88.5 Å². The van der Waals surface area contributed by atoms with Crippen molar-refractivity contribution in [2.24, 2.45) is 0 Å². The van der Waals surface area contributed by atoms with E-state index in [4.69, 9.17) is 42.5 Å². The van der Waals surface area contributed by atoms with Crippen LogP contribution in [0.4, 0.5) is 9.59 Å². The number of aliphatic hydroxyl groups is 1. The van der Waals surface area contributed by atoms with Gasteiger partial charge in [0, 0.05) is 36.8 Å². The Balaban J connectivity index is 0.000000605. The number of amides is 2. The summed E-state index contributed by atoms with van der Waals surface area (Å²) >= 11 is 14.1. The van der Waals surface area contributed by atoms with E-state index in [-0.39, 0.29) is 30.9 Å². The summed E-state index contributed by atoms with van der Waals surface area (Å²) in [5, 5.41) is 10.1. The molecule has 2 saturated heterocycles. The largest absolute Gasteiger partial charge is 0.444 e. The molecule has 0 aliphatic carbocycles. The van der Waals surface area contributed by atoms with Gasteiger partial charge < -0.3 is 29.1 Å². The Kier molecular flexibility index (Phi) is 19.3. The maximum Gasteiger partial charge on any atom is 0.410 e. The normalized spacial score (nSPS) is 19.5. The molecule has 0 unspecified atom stereocenters. The number of ether oxygens (including phenoxy) is 3. The number of halogens is 3. The number of carbonyl (C=O) groups is 2. The zero-order valence-corrected chi connectivity index (χ0v) is 26.7. The van der Waals surface area contributed by atoms with Gasteiger partial charge >= 0.3 is 12.2 Å². The predicted molar refractivity (Wildman–Crippen MR) is 154 cm³/mol. The van der Waals surface area contributed by atoms with Gasteiger partial charge in [-0.2, -0.15) is 0 Å². The van der Waals surface area contributed by atoms with E-state index in [1.165, 1.54) is 0 Å². The first-order valence-electron chi connectivity index (χ1n) is 13.1. The van der Waals surface area contributed by atoms with E-state index in [2.05, 4.69) is 15.9 Å². The Hall–Kier alpha value is -0.480. The molecule has 37 heavy (non-hydrogen) atoms. The summed E-state index contributed by atoms with van der Waals surface area (Å²) in [6.07, 6.45) is 5.20. The van der Waals surface area contributed by atoms with Crippen LogP contribution in [0.5, 0.6) is 0 Å². The average molecular weight is 636 g/mol. The van der Waals surface area contributed by atoms with Crippen molar-refractivity contribution in [2.75, 3.05) is 50.0 Å². The van der Waals surface area contributed by atoms with Crippen LogP contribution in [0.25, 0.3) is 0 Å². The zero-order chi connectivity index (χ0) is 28.5. The van der Waals surface area contributed by atoms with Crippen LogP contribution in [0.1, 0.15) is 80.1 Å². The fraction of sp³-hybridized carbons (Fsp3) is 0.923. The fourth-order valence-electron chi connectivity index (χ4n) is 3.58. The predicted octanol–water partition coefficient (Wildman–Crippen LogP) is 6.42. The lowest BCUT2D eigenvalue weighted by Gasteiger charge is -2.28. The van der Waals surface area contributed by atoms with Gasteiger partial charge in [0.05, 0.1) is 25.3 Å². The van der Waals surface area contributed by atoms with E-state index in [0.717, 1.165) is 56.3 Å². The van der Waals surface area contributed by atoms with Gasteiger partial charge in [-0.15, -0.1) is 23.2 Å². The van der Waals surface area contributed by atoms with Crippen molar-refractivity contribution in [3.63, 3.8) is 0 Å². The second-order valence-electron chi connectivity index (χ2n) is 11.0. The fourth-order valence-corrected chi connectivity index (χ4v) is 4.43. The number of hydrogen-bond acceptors (Lipinski definition) is 6. The first-order chi connectivity index (χ1) is 17.3. The molecule has 0 saturated carbocycles. The van der Waals surface area contributed by atoms with Crippen LogP contribution in [-0.4, -0.2) is 100 Å². The SMILES string of the molecule is CC(C)(C)OC(=O)N1CCC[C@H]1CO.CC(C)(C)OC(=O)N1CCC[C@H]1COCCCCl.ClCCCBr. The Morgan fingerprint density at radius 3 is 1.70 bits per heavy atom. The van der Waals surface area contributed by atoms with Gasteiger partial charge in [-0.05, 0) is 80.1 Å². The molecule has 0 aromatic carbocycles. The highest BCUT2D eigenvalue weighted by molar-refractivity contribution is 9.09. The Bertz CT molecular complexity index is 629. The molecule has 2 fully saturated rings. The lowest BCUT2D eigenvalue weighted by molar-refractivity contribution is 0.0106. The van der Waals surface area contributed by atoms with E-state index in [1.807, 2.05) is 41.5 Å². The standard InChI is InChI=1S/C13H24ClNO3.C10H19NO3.C3H6BrCl/c1-13(2,3)18-12(16)15-8-4-6-11(15)10-17-9-5-7-14;1-10(2,3)14-9(13)11-6-4-5-8(11)7-12;4-2-1-3-5/h11H,4-10H2,1-3H3;8,12H,4-7H2,1-3H3;1-3H2/t11-;8-;/m00./s1. The Morgan fingerprint density at radius 2 is 1.32 bits per heavy atom. The highest BCUT2D eigenvalue weighted by Crippen LogP contribution is 2.21. The van der Waals surface area contributed by atoms with Crippen molar-refractivity contribution >= 4 is 51.3 Å². The summed E-state index contributed by atoms with van der Waals surface area (Å²) in [6.45, 7) is 13.9. The van der Waals surface area contributed by atoms with E-state index >= 15 is 0 Å². The average Bonchev–Trinajstić information content (AvgIpc) is 3.45. The Labute approximate surface area is 242 Å². The van der Waals surface area contributed by atoms with Gasteiger partial charge in [-0.3, -0.25) is 0 Å². The zero-order valence-electron chi connectivity index (χ0n) is 23.6. The molecule has 220 valence electrons. The molecule has 0 aromatic heterocycles. The summed E-state index contributed by atoms with van der Waals surface area (Å²) in [6, 6.07) is 0.0972. The third kappa shape index (κ3) is 17.7. The van der Waals surface area contributed by atoms with Crippen LogP contribution < -0.4 is 0 Å². The molecule has 11 heteroatoms. The van der Waals surface area contributed by atoms with Crippen LogP contribution in [0.2, 0.25) is 0 Å². The summed E-state index contributed by atoms with van der Waals surface area (Å²) in [5.74, 6) is 1.38. The van der Waals surface area contributed by atoms with Gasteiger partial charge in [0.2, 0.25) is 0 Å². The summed E-state index contributed by atoms with van der Waals surface area (Å²) in [5.41, 5.74) is -0.899. The van der Waals surface area contributed by atoms with Crippen LogP contribution >= 0.6 is 39.1 Å². The van der Waals surface area contributed by atoms with Crippen molar-refractivity contribution in [1.29, 1.82) is 0 Å². The van der Waals surface area contributed by atoms with Crippen molar-refractivity contribution in [1.82, 2.24) is 9.80 Å². The highest BCUT2D eigenvalue weighted by atomic mass is 79.9. The van der Waals surface area contributed by atoms with E-state index in [0.29, 0.717) is 25.6 Å². The van der Waals surface area contributed by atoms with Crippen molar-refractivity contribution in [3.8, 4) is 0 Å². The molecule has 0 bridgehead atoms. The number of hydrogen-bond donors (Lipinski definition) is 1. The summed E-state index contributed by atoms with van der Waals surface area (Å²) in [7, 11) is 0. The smallest absolute Gasteiger partial charge is 0.410 e. The number of alkyl halides is 3. The molecular weight excluding hydrogens is 587 g/mol. The molecule has 0 radical (unpaired) electrons. The summed E-state index contributed by atoms with van der Waals surface area (Å²) in [4.78, 5) is 27.0. The Morgan fingerprint density at radius 1 is 0.865 bits per heavy atom. The summed E-state index contributed by atoms with van der Waals surface area (Å²) < 4.78 is 16.2. The number of carbonyl (C=O) groups excluding carboxylic acids is 2. The molecule has 1 N–H and O–H groups in total. The van der Waals surface area contributed by atoms with E-state index in [9.17, 15) is 9.59 Å². The van der Waals surface area contributed by atoms with E-state index < -0.39 is 11.2 Å². The number of nitrogens with zero attached hydrogens (tertiary/aromatic N) is 2. The van der Waals surface area contributed by atoms with Crippen LogP contribution in [-0.2, 0) is 14.2 Å². The van der Waals surface area contributed by atoms with Gasteiger partial charge in [0.25, 0.3) is 0 Å². The van der Waals surface area contributed by atoms with Crippen molar-refractivity contribution < 1.29 is 28.9 Å². The molecule has 2 aliphatic rings. The van der Waals surface area contributed by atoms with Gasteiger partial charge in [-0.25, -0.2) is 9.59 Å². The molecule has 2 amide bonds. The number of likely N-dealkylation sites (tertiary alicyclic amines) is 2. The quantitative estimate of drug-likeness (QED) is 0.245.